The Labute approximate surface area is 123 Å². The van der Waals surface area contributed by atoms with Crippen LogP contribution >= 0.6 is 0 Å². The van der Waals surface area contributed by atoms with Crippen molar-refractivity contribution in [1.29, 1.82) is 0 Å². The molecule has 0 amide bonds. The Hall–Kier alpha value is -1.37. The van der Waals surface area contributed by atoms with Gasteiger partial charge in [0.05, 0.1) is 0 Å². The summed E-state index contributed by atoms with van der Waals surface area (Å²) in [7, 11) is 0. The maximum absolute atomic E-state index is 2.24. The van der Waals surface area contributed by atoms with Crippen molar-refractivity contribution in [2.75, 3.05) is 0 Å². The molecule has 0 nitrogen and oxygen atoms in total. The van der Waals surface area contributed by atoms with E-state index in [1.807, 2.05) is 0 Å². The van der Waals surface area contributed by atoms with Gasteiger partial charge in [-0.2, -0.15) is 0 Å². The van der Waals surface area contributed by atoms with Crippen molar-refractivity contribution < 1.29 is 21.7 Å². The second kappa shape index (κ2) is 5.99. The molecule has 0 saturated carbocycles. The summed E-state index contributed by atoms with van der Waals surface area (Å²) in [5.74, 6) is 0.423. The number of hydrogen-bond acceptors (Lipinski definition) is 0. The summed E-state index contributed by atoms with van der Waals surface area (Å²) in [6, 6.07) is 19.2. The van der Waals surface area contributed by atoms with Crippen molar-refractivity contribution in [3.63, 3.8) is 0 Å². The first-order valence-corrected chi connectivity index (χ1v) is 5.94. The molecule has 0 heterocycles. The number of hydrogen-bond donors (Lipinski definition) is 0. The standard InChI is InChI=1S/C17H14.Ti/c1-2-8-14(9-3-1)16-12-6-7-13-17(16)15-10-4-5-11-15;/h1-13,15H;. The molecule has 0 aromatic heterocycles. The van der Waals surface area contributed by atoms with Crippen molar-refractivity contribution >= 4 is 0 Å². The fraction of sp³-hybridized carbons (Fsp3) is 0.0588. The van der Waals surface area contributed by atoms with Crippen molar-refractivity contribution in [3.8, 4) is 11.1 Å². The molecule has 2 aromatic carbocycles. The molecule has 0 saturated heterocycles. The molecular weight excluding hydrogens is 252 g/mol. The zero-order valence-corrected chi connectivity index (χ0v) is 11.6. The van der Waals surface area contributed by atoms with E-state index >= 15 is 0 Å². The first kappa shape index (κ1) is 13.1. The average Bonchev–Trinajstić information content (AvgIpc) is 2.94. The second-order valence-electron chi connectivity index (χ2n) is 4.25. The number of allylic oxidation sites excluding steroid dienone is 4. The molecule has 0 bridgehead atoms. The van der Waals surface area contributed by atoms with Crippen molar-refractivity contribution in [2.45, 2.75) is 5.92 Å². The van der Waals surface area contributed by atoms with Gasteiger partial charge >= 0.3 is 0 Å². The van der Waals surface area contributed by atoms with E-state index in [2.05, 4.69) is 78.9 Å². The van der Waals surface area contributed by atoms with E-state index in [1.54, 1.807) is 0 Å². The largest absolute Gasteiger partial charge is 0.0732 e. The maximum atomic E-state index is 2.24. The minimum Gasteiger partial charge on any atom is -0.0732 e. The molecule has 3 rings (SSSR count). The number of benzene rings is 2. The molecule has 18 heavy (non-hydrogen) atoms. The summed E-state index contributed by atoms with van der Waals surface area (Å²) >= 11 is 0. The van der Waals surface area contributed by atoms with Crippen LogP contribution in [0.4, 0.5) is 0 Å². The predicted molar refractivity (Wildman–Crippen MR) is 72.9 cm³/mol. The van der Waals surface area contributed by atoms with Crippen molar-refractivity contribution in [1.82, 2.24) is 0 Å². The van der Waals surface area contributed by atoms with Gasteiger partial charge in [-0.25, -0.2) is 0 Å². The van der Waals surface area contributed by atoms with Gasteiger partial charge in [0, 0.05) is 27.6 Å². The van der Waals surface area contributed by atoms with Gasteiger partial charge in [0.2, 0.25) is 0 Å². The summed E-state index contributed by atoms with van der Waals surface area (Å²) in [6.45, 7) is 0. The topological polar surface area (TPSA) is 0 Å². The van der Waals surface area contributed by atoms with Crippen LogP contribution in [0.3, 0.4) is 0 Å². The average molecular weight is 266 g/mol. The maximum Gasteiger partial charge on any atom is 0.0211 e. The molecule has 2 aromatic rings. The summed E-state index contributed by atoms with van der Waals surface area (Å²) in [6.07, 6.45) is 8.71. The van der Waals surface area contributed by atoms with Crippen molar-refractivity contribution in [3.05, 3.63) is 84.5 Å². The Kier molecular flexibility index (Phi) is 4.35. The molecule has 0 atom stereocenters. The minimum atomic E-state index is 0. The van der Waals surface area contributed by atoms with Crippen LogP contribution < -0.4 is 0 Å². The molecule has 1 aliphatic carbocycles. The van der Waals surface area contributed by atoms with Gasteiger partial charge in [-0.15, -0.1) is 0 Å². The monoisotopic (exact) mass is 266 g/mol. The quantitative estimate of drug-likeness (QED) is 0.699. The van der Waals surface area contributed by atoms with Gasteiger partial charge in [0.15, 0.2) is 0 Å². The molecular formula is C17H14Ti. The van der Waals surface area contributed by atoms with Crippen molar-refractivity contribution in [2.24, 2.45) is 0 Å². The molecule has 0 radical (unpaired) electrons. The normalized spacial score (nSPS) is 13.6. The van der Waals surface area contributed by atoms with Gasteiger partial charge in [0.25, 0.3) is 0 Å². The third-order valence-corrected chi connectivity index (χ3v) is 3.15. The zero-order valence-electron chi connectivity index (χ0n) is 10.1. The molecule has 86 valence electrons. The van der Waals surface area contributed by atoms with E-state index in [-0.39, 0.29) is 21.7 Å². The van der Waals surface area contributed by atoms with Crippen LogP contribution in [0.15, 0.2) is 78.9 Å². The Morgan fingerprint density at radius 1 is 0.667 bits per heavy atom. The van der Waals surface area contributed by atoms with E-state index < -0.39 is 0 Å². The summed E-state index contributed by atoms with van der Waals surface area (Å²) in [5.41, 5.74) is 4.00. The van der Waals surface area contributed by atoms with Crippen LogP contribution in [0.5, 0.6) is 0 Å². The van der Waals surface area contributed by atoms with Crippen LogP contribution in [0.1, 0.15) is 11.5 Å². The van der Waals surface area contributed by atoms with Crippen LogP contribution in [0.2, 0.25) is 0 Å². The van der Waals surface area contributed by atoms with Crippen LogP contribution in [0.25, 0.3) is 11.1 Å². The molecule has 0 unspecified atom stereocenters. The Morgan fingerprint density at radius 2 is 1.28 bits per heavy atom. The fourth-order valence-corrected chi connectivity index (χ4v) is 2.31. The predicted octanol–water partition coefficient (Wildman–Crippen LogP) is 4.56. The summed E-state index contributed by atoms with van der Waals surface area (Å²) in [4.78, 5) is 0. The van der Waals surface area contributed by atoms with E-state index in [0.717, 1.165) is 0 Å². The van der Waals surface area contributed by atoms with Crippen LogP contribution in [-0.4, -0.2) is 0 Å². The summed E-state index contributed by atoms with van der Waals surface area (Å²) in [5, 5.41) is 0. The zero-order chi connectivity index (χ0) is 11.5. The van der Waals surface area contributed by atoms with Crippen LogP contribution in [-0.2, 0) is 21.7 Å². The van der Waals surface area contributed by atoms with E-state index in [0.29, 0.717) is 5.92 Å². The molecule has 0 aliphatic heterocycles. The van der Waals surface area contributed by atoms with Gasteiger partial charge in [0.1, 0.15) is 0 Å². The van der Waals surface area contributed by atoms with Gasteiger partial charge < -0.3 is 0 Å². The third-order valence-electron chi connectivity index (χ3n) is 3.15. The second-order valence-corrected chi connectivity index (χ2v) is 4.25. The first-order valence-electron chi connectivity index (χ1n) is 5.94. The van der Waals surface area contributed by atoms with E-state index in [9.17, 15) is 0 Å². The molecule has 0 fully saturated rings. The van der Waals surface area contributed by atoms with Gasteiger partial charge in [-0.3, -0.25) is 0 Å². The van der Waals surface area contributed by atoms with E-state index in [4.69, 9.17) is 0 Å². The van der Waals surface area contributed by atoms with E-state index in [1.165, 1.54) is 16.7 Å². The third kappa shape index (κ3) is 2.55. The first-order chi connectivity index (χ1) is 8.45. The molecule has 0 N–H and O–H groups in total. The fourth-order valence-electron chi connectivity index (χ4n) is 2.31. The number of rotatable bonds is 2. The summed E-state index contributed by atoms with van der Waals surface area (Å²) < 4.78 is 0. The smallest absolute Gasteiger partial charge is 0.0211 e. The van der Waals surface area contributed by atoms with Gasteiger partial charge in [-0.05, 0) is 16.7 Å². The molecule has 0 spiro atoms. The molecule has 1 aliphatic rings. The Bertz CT molecular complexity index is 555. The Balaban J connectivity index is 0.00000120. The SMILES string of the molecule is C1=CC(c2ccccc2-c2ccccc2)C=C1.[Ti]. The Morgan fingerprint density at radius 3 is 2.00 bits per heavy atom. The molecule has 1 heteroatoms. The van der Waals surface area contributed by atoms with Crippen LogP contribution in [0, 0.1) is 0 Å². The minimum absolute atomic E-state index is 0. The van der Waals surface area contributed by atoms with Gasteiger partial charge in [-0.1, -0.05) is 78.9 Å².